The van der Waals surface area contributed by atoms with Crippen molar-refractivity contribution in [2.24, 2.45) is 5.92 Å². The van der Waals surface area contributed by atoms with Gasteiger partial charge in [0.1, 0.15) is 0 Å². The Bertz CT molecular complexity index is 376. The molecule has 1 heterocycles. The molecule has 1 aliphatic heterocycles. The van der Waals surface area contributed by atoms with Crippen molar-refractivity contribution in [2.45, 2.75) is 19.8 Å². The number of hydrogen-bond donors (Lipinski definition) is 0. The van der Waals surface area contributed by atoms with Gasteiger partial charge in [-0.15, -0.1) is 0 Å². The summed E-state index contributed by atoms with van der Waals surface area (Å²) in [5.41, 5.74) is 2.76. The van der Waals surface area contributed by atoms with Crippen LogP contribution in [0.5, 0.6) is 0 Å². The van der Waals surface area contributed by atoms with Crippen molar-refractivity contribution >= 4 is 5.69 Å². The summed E-state index contributed by atoms with van der Waals surface area (Å²) in [5, 5.41) is 0. The van der Waals surface area contributed by atoms with Crippen molar-refractivity contribution in [3.05, 3.63) is 29.8 Å². The van der Waals surface area contributed by atoms with Crippen molar-refractivity contribution in [3.63, 3.8) is 0 Å². The molecule has 1 aromatic rings. The van der Waals surface area contributed by atoms with Gasteiger partial charge in [-0.3, -0.25) is 4.90 Å². The van der Waals surface area contributed by atoms with E-state index in [-0.39, 0.29) is 0 Å². The lowest BCUT2D eigenvalue weighted by molar-refractivity contribution is 0.248. The van der Waals surface area contributed by atoms with E-state index in [1.807, 2.05) is 0 Å². The molecule has 0 unspecified atom stereocenters. The number of nitrogens with zero attached hydrogens (tertiary/aromatic N) is 2. The van der Waals surface area contributed by atoms with Gasteiger partial charge >= 0.3 is 0 Å². The molecule has 2 aliphatic rings. The highest BCUT2D eigenvalue weighted by Gasteiger charge is 2.26. The van der Waals surface area contributed by atoms with E-state index < -0.39 is 0 Å². The van der Waals surface area contributed by atoms with Crippen LogP contribution in [0.15, 0.2) is 24.3 Å². The molecule has 1 saturated heterocycles. The molecular formula is C15H22N2. The summed E-state index contributed by atoms with van der Waals surface area (Å²) >= 11 is 0. The molecule has 0 bridgehead atoms. The second-order valence-corrected chi connectivity index (χ2v) is 5.57. The third-order valence-electron chi connectivity index (χ3n) is 3.95. The van der Waals surface area contributed by atoms with Crippen LogP contribution >= 0.6 is 0 Å². The Morgan fingerprint density at radius 2 is 1.88 bits per heavy atom. The lowest BCUT2D eigenvalue weighted by Crippen LogP contribution is -2.47. The summed E-state index contributed by atoms with van der Waals surface area (Å²) < 4.78 is 0. The van der Waals surface area contributed by atoms with Crippen LogP contribution in [-0.4, -0.2) is 37.6 Å². The minimum Gasteiger partial charge on any atom is -0.369 e. The zero-order chi connectivity index (χ0) is 11.7. The van der Waals surface area contributed by atoms with Gasteiger partial charge in [0, 0.05) is 38.4 Å². The Morgan fingerprint density at radius 3 is 2.53 bits per heavy atom. The topological polar surface area (TPSA) is 6.48 Å². The van der Waals surface area contributed by atoms with Gasteiger partial charge in [-0.25, -0.2) is 0 Å². The highest BCUT2D eigenvalue weighted by atomic mass is 15.3. The summed E-state index contributed by atoms with van der Waals surface area (Å²) in [6.45, 7) is 8.38. The predicted octanol–water partition coefficient (Wildman–Crippen LogP) is 2.53. The van der Waals surface area contributed by atoms with Crippen LogP contribution in [-0.2, 0) is 0 Å². The predicted molar refractivity (Wildman–Crippen MR) is 72.6 cm³/mol. The molecule has 0 atom stereocenters. The van der Waals surface area contributed by atoms with Crippen LogP contribution in [0.3, 0.4) is 0 Å². The van der Waals surface area contributed by atoms with E-state index in [0.717, 1.165) is 5.92 Å². The average molecular weight is 230 g/mol. The second kappa shape index (κ2) is 4.69. The normalized spacial score (nSPS) is 21.8. The molecule has 17 heavy (non-hydrogen) atoms. The van der Waals surface area contributed by atoms with Gasteiger partial charge in [0.15, 0.2) is 0 Å². The van der Waals surface area contributed by atoms with E-state index in [0.29, 0.717) is 0 Å². The molecule has 1 saturated carbocycles. The zero-order valence-corrected chi connectivity index (χ0v) is 10.7. The van der Waals surface area contributed by atoms with Crippen molar-refractivity contribution in [1.82, 2.24) is 4.90 Å². The molecule has 0 radical (unpaired) electrons. The Morgan fingerprint density at radius 1 is 1.12 bits per heavy atom. The number of piperazine rings is 1. The third kappa shape index (κ3) is 2.81. The number of anilines is 1. The maximum atomic E-state index is 2.64. The van der Waals surface area contributed by atoms with Gasteiger partial charge in [0.2, 0.25) is 0 Å². The minimum absolute atomic E-state index is 1.03. The average Bonchev–Trinajstić information content (AvgIpc) is 3.14. The van der Waals surface area contributed by atoms with Gasteiger partial charge < -0.3 is 4.90 Å². The van der Waals surface area contributed by atoms with E-state index in [1.54, 1.807) is 0 Å². The maximum absolute atomic E-state index is 2.64. The molecule has 0 aromatic heterocycles. The first-order valence-electron chi connectivity index (χ1n) is 6.85. The van der Waals surface area contributed by atoms with Crippen molar-refractivity contribution < 1.29 is 0 Å². The van der Waals surface area contributed by atoms with Gasteiger partial charge in [0.05, 0.1) is 0 Å². The number of aryl methyl sites for hydroxylation is 1. The second-order valence-electron chi connectivity index (χ2n) is 5.57. The smallest absolute Gasteiger partial charge is 0.0369 e. The monoisotopic (exact) mass is 230 g/mol. The molecule has 1 aromatic carbocycles. The molecule has 2 nitrogen and oxygen atoms in total. The number of rotatable bonds is 3. The fraction of sp³-hybridized carbons (Fsp3) is 0.600. The Hall–Kier alpha value is -1.02. The van der Waals surface area contributed by atoms with Gasteiger partial charge in [0.25, 0.3) is 0 Å². The van der Waals surface area contributed by atoms with Crippen LogP contribution in [0.4, 0.5) is 5.69 Å². The minimum atomic E-state index is 1.03. The Balaban J connectivity index is 1.56. The Kier molecular flexibility index (Phi) is 3.06. The summed E-state index contributed by atoms with van der Waals surface area (Å²) in [4.78, 5) is 5.17. The first-order chi connectivity index (χ1) is 8.31. The molecule has 0 amide bonds. The molecule has 3 rings (SSSR count). The largest absolute Gasteiger partial charge is 0.369 e. The quantitative estimate of drug-likeness (QED) is 0.787. The first-order valence-corrected chi connectivity index (χ1v) is 6.85. The zero-order valence-electron chi connectivity index (χ0n) is 10.7. The highest BCUT2D eigenvalue weighted by Crippen LogP contribution is 2.30. The van der Waals surface area contributed by atoms with Crippen LogP contribution in [0, 0.1) is 12.8 Å². The molecule has 2 heteroatoms. The van der Waals surface area contributed by atoms with Crippen molar-refractivity contribution in [3.8, 4) is 0 Å². The fourth-order valence-electron chi connectivity index (χ4n) is 2.68. The lowest BCUT2D eigenvalue weighted by Gasteiger charge is -2.36. The molecule has 92 valence electrons. The van der Waals surface area contributed by atoms with Gasteiger partial charge in [-0.05, 0) is 43.4 Å². The summed E-state index contributed by atoms with van der Waals surface area (Å²) in [6, 6.07) is 8.88. The summed E-state index contributed by atoms with van der Waals surface area (Å²) in [7, 11) is 0. The van der Waals surface area contributed by atoms with E-state index in [4.69, 9.17) is 0 Å². The first kappa shape index (κ1) is 11.1. The number of benzene rings is 1. The molecule has 2 fully saturated rings. The number of hydrogen-bond acceptors (Lipinski definition) is 2. The third-order valence-corrected chi connectivity index (χ3v) is 3.95. The molecule has 0 N–H and O–H groups in total. The maximum Gasteiger partial charge on any atom is 0.0369 e. The SMILES string of the molecule is Cc1cccc(N2CCN(CC3CC3)CC2)c1. The standard InChI is InChI=1S/C15H22N2/c1-13-3-2-4-15(11-13)17-9-7-16(8-10-17)12-14-5-6-14/h2-4,11,14H,5-10,12H2,1H3. The van der Waals surface area contributed by atoms with E-state index in [9.17, 15) is 0 Å². The van der Waals surface area contributed by atoms with Gasteiger partial charge in [-0.1, -0.05) is 12.1 Å². The fourth-order valence-corrected chi connectivity index (χ4v) is 2.68. The van der Waals surface area contributed by atoms with Crippen molar-refractivity contribution in [1.29, 1.82) is 0 Å². The van der Waals surface area contributed by atoms with E-state index in [2.05, 4.69) is 41.0 Å². The van der Waals surface area contributed by atoms with Crippen molar-refractivity contribution in [2.75, 3.05) is 37.6 Å². The van der Waals surface area contributed by atoms with Crippen LogP contribution in [0.25, 0.3) is 0 Å². The van der Waals surface area contributed by atoms with Crippen LogP contribution in [0.2, 0.25) is 0 Å². The Labute approximate surface area is 104 Å². The molecule has 1 aliphatic carbocycles. The van der Waals surface area contributed by atoms with Gasteiger partial charge in [-0.2, -0.15) is 0 Å². The van der Waals surface area contributed by atoms with E-state index in [1.165, 1.54) is 56.8 Å². The van der Waals surface area contributed by atoms with E-state index >= 15 is 0 Å². The molecule has 0 spiro atoms. The summed E-state index contributed by atoms with van der Waals surface area (Å²) in [5.74, 6) is 1.03. The lowest BCUT2D eigenvalue weighted by atomic mass is 10.2. The van der Waals surface area contributed by atoms with Crippen LogP contribution < -0.4 is 4.90 Å². The summed E-state index contributed by atoms with van der Waals surface area (Å²) in [6.07, 6.45) is 2.94. The van der Waals surface area contributed by atoms with Crippen LogP contribution in [0.1, 0.15) is 18.4 Å². The highest BCUT2D eigenvalue weighted by molar-refractivity contribution is 5.48. The molecular weight excluding hydrogens is 208 g/mol.